The molecule has 0 fully saturated rings. The van der Waals surface area contributed by atoms with E-state index in [1.165, 1.54) is 5.56 Å². The molecule has 0 radical (unpaired) electrons. The second kappa shape index (κ2) is 6.48. The summed E-state index contributed by atoms with van der Waals surface area (Å²) < 4.78 is 0.970. The van der Waals surface area contributed by atoms with Crippen molar-refractivity contribution in [3.05, 3.63) is 33.8 Å². The second-order valence-corrected chi connectivity index (χ2v) is 4.38. The minimum Gasteiger partial charge on any atom is -0.391 e. The van der Waals surface area contributed by atoms with Crippen molar-refractivity contribution >= 4 is 28.3 Å². The Labute approximate surface area is 105 Å². The molecule has 3 N–H and O–H groups in total. The highest BCUT2D eigenvalue weighted by molar-refractivity contribution is 9.10. The topological polar surface area (TPSA) is 46.2 Å². The van der Waals surface area contributed by atoms with Crippen LogP contribution in [0.4, 0.5) is 0 Å². The summed E-state index contributed by atoms with van der Waals surface area (Å²) in [5.74, 6) is 0. The van der Waals surface area contributed by atoms with Crippen molar-refractivity contribution in [2.45, 2.75) is 32.4 Å². The van der Waals surface area contributed by atoms with E-state index in [2.05, 4.69) is 15.9 Å². The van der Waals surface area contributed by atoms with Gasteiger partial charge in [0.1, 0.15) is 0 Å². The lowest BCUT2D eigenvalue weighted by molar-refractivity contribution is 0.140. The van der Waals surface area contributed by atoms with Gasteiger partial charge < -0.3 is 10.8 Å². The van der Waals surface area contributed by atoms with Gasteiger partial charge in [-0.1, -0.05) is 35.0 Å². The molecule has 1 aromatic carbocycles. The first-order valence-electron chi connectivity index (χ1n) is 4.76. The molecule has 0 aliphatic heterocycles. The Hall–Kier alpha value is -0.0900. The van der Waals surface area contributed by atoms with Crippen molar-refractivity contribution in [3.8, 4) is 0 Å². The van der Waals surface area contributed by atoms with Crippen LogP contribution >= 0.6 is 28.3 Å². The van der Waals surface area contributed by atoms with E-state index in [1.807, 2.05) is 32.0 Å². The Balaban J connectivity index is 0.00000196. The average Bonchev–Trinajstić information content (AvgIpc) is 2.15. The van der Waals surface area contributed by atoms with Crippen LogP contribution in [0.25, 0.3) is 0 Å². The molecule has 15 heavy (non-hydrogen) atoms. The molecule has 0 unspecified atom stereocenters. The van der Waals surface area contributed by atoms with Crippen molar-refractivity contribution in [1.29, 1.82) is 0 Å². The number of aliphatic hydroxyl groups is 1. The van der Waals surface area contributed by atoms with E-state index in [0.29, 0.717) is 6.42 Å². The molecule has 0 saturated heterocycles. The normalized spacial score (nSPS) is 14.2. The number of aryl methyl sites for hydroxylation is 1. The smallest absolute Gasteiger partial charge is 0.0730 e. The fourth-order valence-electron chi connectivity index (χ4n) is 1.36. The molecule has 1 rings (SSSR count). The predicted octanol–water partition coefficient (Wildman–Crippen LogP) is 2.95. The highest BCUT2D eigenvalue weighted by Crippen LogP contribution is 2.25. The van der Waals surface area contributed by atoms with Crippen LogP contribution in [-0.2, 0) is 0 Å². The van der Waals surface area contributed by atoms with Crippen LogP contribution in [0.1, 0.15) is 30.5 Å². The Morgan fingerprint density at radius 3 is 2.53 bits per heavy atom. The van der Waals surface area contributed by atoms with Gasteiger partial charge in [-0.15, -0.1) is 12.4 Å². The van der Waals surface area contributed by atoms with E-state index in [9.17, 15) is 5.11 Å². The molecule has 0 aliphatic carbocycles. The third-order valence-electron chi connectivity index (χ3n) is 2.35. The molecular formula is C11H17BrClNO. The Bertz CT molecular complexity index is 319. The average molecular weight is 295 g/mol. The highest BCUT2D eigenvalue weighted by atomic mass is 79.9. The van der Waals surface area contributed by atoms with E-state index >= 15 is 0 Å². The molecule has 0 heterocycles. The molecule has 0 amide bonds. The fourth-order valence-corrected chi connectivity index (χ4v) is 2.12. The van der Waals surface area contributed by atoms with Gasteiger partial charge in [-0.05, 0) is 30.5 Å². The van der Waals surface area contributed by atoms with Crippen LogP contribution in [0.3, 0.4) is 0 Å². The summed E-state index contributed by atoms with van der Waals surface area (Å²) in [5, 5.41) is 9.63. The molecule has 0 saturated carbocycles. The molecule has 0 bridgehead atoms. The highest BCUT2D eigenvalue weighted by Gasteiger charge is 2.16. The van der Waals surface area contributed by atoms with Crippen molar-refractivity contribution in [2.75, 3.05) is 0 Å². The Kier molecular flexibility index (Phi) is 6.44. The molecule has 0 aromatic heterocycles. The van der Waals surface area contributed by atoms with Gasteiger partial charge in [0.2, 0.25) is 0 Å². The molecule has 4 heteroatoms. The van der Waals surface area contributed by atoms with Gasteiger partial charge in [-0.3, -0.25) is 0 Å². The molecule has 1 aromatic rings. The van der Waals surface area contributed by atoms with Crippen molar-refractivity contribution in [2.24, 2.45) is 5.73 Å². The summed E-state index contributed by atoms with van der Waals surface area (Å²) in [6, 6.07) is 5.66. The van der Waals surface area contributed by atoms with Crippen LogP contribution in [0.5, 0.6) is 0 Å². The van der Waals surface area contributed by atoms with Gasteiger partial charge in [0.25, 0.3) is 0 Å². The molecule has 2 nitrogen and oxygen atoms in total. The third kappa shape index (κ3) is 3.76. The Morgan fingerprint density at radius 1 is 1.47 bits per heavy atom. The first kappa shape index (κ1) is 14.9. The lowest BCUT2D eigenvalue weighted by Gasteiger charge is -2.19. The van der Waals surface area contributed by atoms with E-state index in [-0.39, 0.29) is 18.4 Å². The van der Waals surface area contributed by atoms with Crippen LogP contribution in [0.2, 0.25) is 0 Å². The maximum atomic E-state index is 9.63. The summed E-state index contributed by atoms with van der Waals surface area (Å²) >= 11 is 3.45. The van der Waals surface area contributed by atoms with Crippen molar-refractivity contribution in [1.82, 2.24) is 0 Å². The quantitative estimate of drug-likeness (QED) is 0.900. The summed E-state index contributed by atoms with van der Waals surface area (Å²) in [7, 11) is 0. The zero-order valence-electron chi connectivity index (χ0n) is 8.90. The molecule has 0 spiro atoms. The number of aliphatic hydroxyl groups excluding tert-OH is 1. The number of hydrogen-bond donors (Lipinski definition) is 2. The summed E-state index contributed by atoms with van der Waals surface area (Å²) in [6.07, 6.45) is 0.190. The summed E-state index contributed by atoms with van der Waals surface area (Å²) in [5.41, 5.74) is 8.06. The van der Waals surface area contributed by atoms with E-state index in [1.54, 1.807) is 0 Å². The van der Waals surface area contributed by atoms with Gasteiger partial charge in [0, 0.05) is 4.47 Å². The van der Waals surface area contributed by atoms with Crippen LogP contribution in [0, 0.1) is 6.92 Å². The van der Waals surface area contributed by atoms with Crippen LogP contribution < -0.4 is 5.73 Å². The second-order valence-electron chi connectivity index (χ2n) is 3.53. The molecule has 0 aliphatic rings. The van der Waals surface area contributed by atoms with Gasteiger partial charge in [0.05, 0.1) is 12.1 Å². The van der Waals surface area contributed by atoms with Gasteiger partial charge in [0.15, 0.2) is 0 Å². The summed E-state index contributed by atoms with van der Waals surface area (Å²) in [4.78, 5) is 0. The zero-order valence-corrected chi connectivity index (χ0v) is 11.3. The monoisotopic (exact) mass is 293 g/mol. The van der Waals surface area contributed by atoms with Crippen molar-refractivity contribution < 1.29 is 5.11 Å². The van der Waals surface area contributed by atoms with Gasteiger partial charge >= 0.3 is 0 Å². The minimum atomic E-state index is -0.478. The van der Waals surface area contributed by atoms with Crippen LogP contribution in [0.15, 0.2) is 22.7 Å². The Morgan fingerprint density at radius 2 is 2.07 bits per heavy atom. The zero-order chi connectivity index (χ0) is 10.7. The minimum absolute atomic E-state index is 0. The van der Waals surface area contributed by atoms with Crippen molar-refractivity contribution in [3.63, 3.8) is 0 Å². The number of halogens is 2. The third-order valence-corrected chi connectivity index (χ3v) is 3.03. The summed E-state index contributed by atoms with van der Waals surface area (Å²) in [6.45, 7) is 3.95. The fraction of sp³-hybridized carbons (Fsp3) is 0.455. The standard InChI is InChI=1S/C11H16BrNO.ClH/c1-3-10(14)11(13)8-5-4-7(2)6-9(8)12;/h4-6,10-11,14H,3,13H2,1-2H3;1H/t10-,11+;/m1./s1. The van der Waals surface area contributed by atoms with Gasteiger partial charge in [-0.2, -0.15) is 0 Å². The molecule has 2 atom stereocenters. The van der Waals surface area contributed by atoms with E-state index < -0.39 is 6.10 Å². The first-order valence-corrected chi connectivity index (χ1v) is 5.55. The van der Waals surface area contributed by atoms with Crippen LogP contribution in [-0.4, -0.2) is 11.2 Å². The SMILES string of the molecule is CC[C@@H](O)[C@@H](N)c1ccc(C)cc1Br.Cl. The van der Waals surface area contributed by atoms with Gasteiger partial charge in [-0.25, -0.2) is 0 Å². The maximum absolute atomic E-state index is 9.63. The number of hydrogen-bond acceptors (Lipinski definition) is 2. The lowest BCUT2D eigenvalue weighted by atomic mass is 10.00. The van der Waals surface area contributed by atoms with E-state index in [0.717, 1.165) is 10.0 Å². The number of rotatable bonds is 3. The first-order chi connectivity index (χ1) is 6.56. The number of nitrogens with two attached hydrogens (primary N) is 1. The number of benzene rings is 1. The largest absolute Gasteiger partial charge is 0.391 e. The molecule has 86 valence electrons. The maximum Gasteiger partial charge on any atom is 0.0730 e. The molecular weight excluding hydrogens is 277 g/mol. The van der Waals surface area contributed by atoms with E-state index in [4.69, 9.17) is 5.73 Å². The lowest BCUT2D eigenvalue weighted by Crippen LogP contribution is -2.25. The predicted molar refractivity (Wildman–Crippen MR) is 69.4 cm³/mol.